The van der Waals surface area contributed by atoms with Crippen LogP contribution in [0.3, 0.4) is 0 Å². The molecule has 0 heterocycles. The van der Waals surface area contributed by atoms with Crippen molar-refractivity contribution in [1.29, 1.82) is 0 Å². The van der Waals surface area contributed by atoms with Gasteiger partial charge in [0, 0.05) is 4.47 Å². The second kappa shape index (κ2) is 3.10. The van der Waals surface area contributed by atoms with Crippen LogP contribution in [0.2, 0.25) is 0 Å². The molecule has 0 spiro atoms. The van der Waals surface area contributed by atoms with Crippen LogP contribution in [0.1, 0.15) is 25.3 Å². The molecule has 1 aromatic carbocycles. The minimum absolute atomic E-state index is 0.450. The Morgan fingerprint density at radius 2 is 2.23 bits per heavy atom. The maximum absolute atomic E-state index is 10.2. The number of hydrogen-bond acceptors (Lipinski definition) is 1. The number of aliphatic hydroxyl groups is 1. The Kier molecular flexibility index (Phi) is 2.20. The van der Waals surface area contributed by atoms with E-state index in [1.165, 1.54) is 0 Å². The lowest BCUT2D eigenvalue weighted by Crippen LogP contribution is -2.08. The summed E-state index contributed by atoms with van der Waals surface area (Å²) >= 11 is 3.47. The molecule has 2 rings (SSSR count). The highest BCUT2D eigenvalue weighted by atomic mass is 79.9. The molecular formula is C11H13BrO. The quantitative estimate of drug-likeness (QED) is 0.843. The third-order valence-electron chi connectivity index (χ3n) is 2.91. The van der Waals surface area contributed by atoms with Gasteiger partial charge >= 0.3 is 0 Å². The smallest absolute Gasteiger partial charge is 0.0940 e. The van der Waals surface area contributed by atoms with Crippen molar-refractivity contribution < 1.29 is 5.11 Å². The Morgan fingerprint density at radius 3 is 2.77 bits per heavy atom. The van der Waals surface area contributed by atoms with Crippen LogP contribution in [-0.2, 0) is 5.60 Å². The SMILES string of the molecule is CCC1CC1(O)c1ccccc1Br. The zero-order valence-corrected chi connectivity index (χ0v) is 9.21. The fraction of sp³-hybridized carbons (Fsp3) is 0.455. The molecular weight excluding hydrogens is 228 g/mol. The molecule has 1 saturated carbocycles. The van der Waals surface area contributed by atoms with E-state index in [1.54, 1.807) is 0 Å². The number of rotatable bonds is 2. The van der Waals surface area contributed by atoms with Gasteiger partial charge in [-0.2, -0.15) is 0 Å². The van der Waals surface area contributed by atoms with E-state index in [1.807, 2.05) is 24.3 Å². The van der Waals surface area contributed by atoms with E-state index >= 15 is 0 Å². The molecule has 13 heavy (non-hydrogen) atoms. The van der Waals surface area contributed by atoms with Gasteiger partial charge in [0.25, 0.3) is 0 Å². The van der Waals surface area contributed by atoms with E-state index in [0.29, 0.717) is 5.92 Å². The molecule has 2 heteroatoms. The van der Waals surface area contributed by atoms with Crippen molar-refractivity contribution in [3.63, 3.8) is 0 Å². The molecule has 1 nitrogen and oxygen atoms in total. The van der Waals surface area contributed by atoms with Gasteiger partial charge in [0.1, 0.15) is 0 Å². The summed E-state index contributed by atoms with van der Waals surface area (Å²) in [6.07, 6.45) is 1.96. The summed E-state index contributed by atoms with van der Waals surface area (Å²) in [6.45, 7) is 2.12. The highest BCUT2D eigenvalue weighted by Gasteiger charge is 2.53. The van der Waals surface area contributed by atoms with E-state index in [2.05, 4.69) is 22.9 Å². The van der Waals surface area contributed by atoms with Gasteiger partial charge in [-0.25, -0.2) is 0 Å². The minimum atomic E-state index is -0.547. The summed E-state index contributed by atoms with van der Waals surface area (Å²) in [5.74, 6) is 0.450. The average Bonchev–Trinajstić information content (AvgIpc) is 2.79. The molecule has 1 aliphatic rings. The maximum Gasteiger partial charge on any atom is 0.0940 e. The third-order valence-corrected chi connectivity index (χ3v) is 3.60. The van der Waals surface area contributed by atoms with Gasteiger partial charge < -0.3 is 5.11 Å². The molecule has 1 N–H and O–H groups in total. The first kappa shape index (κ1) is 9.22. The van der Waals surface area contributed by atoms with Crippen LogP contribution in [0.4, 0.5) is 0 Å². The van der Waals surface area contributed by atoms with Gasteiger partial charge in [-0.1, -0.05) is 47.5 Å². The first-order valence-electron chi connectivity index (χ1n) is 4.66. The summed E-state index contributed by atoms with van der Waals surface area (Å²) in [5.41, 5.74) is 0.497. The molecule has 0 amide bonds. The summed E-state index contributed by atoms with van der Waals surface area (Å²) in [6, 6.07) is 7.93. The molecule has 0 aliphatic heterocycles. The second-order valence-electron chi connectivity index (χ2n) is 3.71. The molecule has 0 saturated heterocycles. The lowest BCUT2D eigenvalue weighted by Gasteiger charge is -2.11. The standard InChI is InChI=1S/C11H13BrO/c1-2-8-7-11(8,13)9-5-3-4-6-10(9)12/h3-6,8,13H,2,7H2,1H3. The van der Waals surface area contributed by atoms with Crippen molar-refractivity contribution in [2.24, 2.45) is 5.92 Å². The molecule has 1 aromatic rings. The second-order valence-corrected chi connectivity index (χ2v) is 4.57. The Balaban J connectivity index is 2.32. The van der Waals surface area contributed by atoms with Crippen LogP contribution in [0.5, 0.6) is 0 Å². The normalized spacial score (nSPS) is 31.8. The van der Waals surface area contributed by atoms with E-state index in [9.17, 15) is 5.11 Å². The van der Waals surface area contributed by atoms with Crippen LogP contribution >= 0.6 is 15.9 Å². The first-order valence-corrected chi connectivity index (χ1v) is 5.45. The number of halogens is 1. The maximum atomic E-state index is 10.2. The number of benzene rings is 1. The summed E-state index contributed by atoms with van der Waals surface area (Å²) in [5, 5.41) is 10.2. The van der Waals surface area contributed by atoms with Crippen molar-refractivity contribution in [2.45, 2.75) is 25.4 Å². The zero-order chi connectivity index (χ0) is 9.47. The lowest BCUT2D eigenvalue weighted by molar-refractivity contribution is 0.129. The van der Waals surface area contributed by atoms with Crippen molar-refractivity contribution in [2.75, 3.05) is 0 Å². The van der Waals surface area contributed by atoms with Gasteiger partial charge in [0.2, 0.25) is 0 Å². The molecule has 0 bridgehead atoms. The fourth-order valence-corrected chi connectivity index (χ4v) is 2.57. The van der Waals surface area contributed by atoms with Crippen LogP contribution in [0.25, 0.3) is 0 Å². The van der Waals surface area contributed by atoms with E-state index in [0.717, 1.165) is 22.9 Å². The summed E-state index contributed by atoms with van der Waals surface area (Å²) < 4.78 is 1.02. The topological polar surface area (TPSA) is 20.2 Å². The van der Waals surface area contributed by atoms with Gasteiger partial charge in [0.05, 0.1) is 5.60 Å². The third kappa shape index (κ3) is 1.42. The molecule has 0 radical (unpaired) electrons. The predicted octanol–water partition coefficient (Wildman–Crippen LogP) is 3.07. The zero-order valence-electron chi connectivity index (χ0n) is 7.63. The predicted molar refractivity (Wildman–Crippen MR) is 56.4 cm³/mol. The van der Waals surface area contributed by atoms with Crippen LogP contribution in [-0.4, -0.2) is 5.11 Å². The largest absolute Gasteiger partial charge is 0.385 e. The minimum Gasteiger partial charge on any atom is -0.385 e. The Morgan fingerprint density at radius 1 is 1.54 bits per heavy atom. The molecule has 2 unspecified atom stereocenters. The highest BCUT2D eigenvalue weighted by molar-refractivity contribution is 9.10. The van der Waals surface area contributed by atoms with Crippen molar-refractivity contribution in [3.05, 3.63) is 34.3 Å². The molecule has 70 valence electrons. The number of hydrogen-bond donors (Lipinski definition) is 1. The Hall–Kier alpha value is -0.340. The first-order chi connectivity index (χ1) is 6.18. The molecule has 2 atom stereocenters. The average molecular weight is 241 g/mol. The Labute approximate surface area is 86.9 Å². The van der Waals surface area contributed by atoms with Crippen molar-refractivity contribution in [3.8, 4) is 0 Å². The van der Waals surface area contributed by atoms with E-state index < -0.39 is 5.60 Å². The van der Waals surface area contributed by atoms with Gasteiger partial charge in [-0.15, -0.1) is 0 Å². The van der Waals surface area contributed by atoms with E-state index in [4.69, 9.17) is 0 Å². The summed E-state index contributed by atoms with van der Waals surface area (Å²) in [7, 11) is 0. The van der Waals surface area contributed by atoms with Gasteiger partial charge in [-0.05, 0) is 24.0 Å². The fourth-order valence-electron chi connectivity index (χ4n) is 1.94. The lowest BCUT2D eigenvalue weighted by atomic mass is 10.1. The van der Waals surface area contributed by atoms with Crippen LogP contribution in [0.15, 0.2) is 28.7 Å². The molecule has 1 aliphatic carbocycles. The van der Waals surface area contributed by atoms with Crippen LogP contribution < -0.4 is 0 Å². The van der Waals surface area contributed by atoms with Crippen LogP contribution in [0, 0.1) is 5.92 Å². The van der Waals surface area contributed by atoms with Gasteiger partial charge in [0.15, 0.2) is 0 Å². The summed E-state index contributed by atoms with van der Waals surface area (Å²) in [4.78, 5) is 0. The molecule has 1 fully saturated rings. The van der Waals surface area contributed by atoms with Gasteiger partial charge in [-0.3, -0.25) is 0 Å². The van der Waals surface area contributed by atoms with Crippen molar-refractivity contribution in [1.82, 2.24) is 0 Å². The Bertz CT molecular complexity index is 324. The highest BCUT2D eigenvalue weighted by Crippen LogP contribution is 2.55. The van der Waals surface area contributed by atoms with E-state index in [-0.39, 0.29) is 0 Å². The molecule has 0 aromatic heterocycles. The monoisotopic (exact) mass is 240 g/mol. The van der Waals surface area contributed by atoms with Crippen molar-refractivity contribution >= 4 is 15.9 Å².